The molecule has 0 saturated carbocycles. The fourth-order valence-electron chi connectivity index (χ4n) is 1.92. The van der Waals surface area contributed by atoms with Gasteiger partial charge in [0.05, 0.1) is 12.8 Å². The molecule has 1 amide bonds. The Morgan fingerprint density at radius 2 is 2.14 bits per heavy atom. The zero-order valence-electron chi connectivity index (χ0n) is 10.9. The number of carbonyl (C=O) groups excluding carboxylic acids is 1. The molecule has 0 aliphatic rings. The highest BCUT2D eigenvalue weighted by Crippen LogP contribution is 2.14. The molecular weight excluding hydrogens is 272 g/mol. The third kappa shape index (κ3) is 2.65. The summed E-state index contributed by atoms with van der Waals surface area (Å²) < 4.78 is 5.20. The van der Waals surface area contributed by atoms with Gasteiger partial charge in [0.25, 0.3) is 5.91 Å². The van der Waals surface area contributed by atoms with E-state index in [0.29, 0.717) is 23.7 Å². The maximum atomic E-state index is 11.7. The highest BCUT2D eigenvalue weighted by molar-refractivity contribution is 5.95. The highest BCUT2D eigenvalue weighted by Gasteiger charge is 2.13. The Balaban J connectivity index is 1.86. The Morgan fingerprint density at radius 3 is 2.90 bits per heavy atom. The molecule has 3 N–H and O–H groups in total. The number of amides is 1. The quantitative estimate of drug-likeness (QED) is 0.412. The number of nitrogens with one attached hydrogen (secondary N) is 1. The molecule has 0 radical (unpaired) electrons. The second-order valence-corrected chi connectivity index (χ2v) is 4.25. The van der Waals surface area contributed by atoms with Gasteiger partial charge in [0.15, 0.2) is 5.76 Å². The van der Waals surface area contributed by atoms with Crippen LogP contribution in [0, 0.1) is 0 Å². The van der Waals surface area contributed by atoms with Gasteiger partial charge in [-0.1, -0.05) is 18.2 Å². The number of aromatic nitrogens is 4. The molecule has 2 aromatic heterocycles. The zero-order chi connectivity index (χ0) is 14.7. The molecular formula is C13H12N6O2. The van der Waals surface area contributed by atoms with Crippen molar-refractivity contribution in [3.05, 3.63) is 53.8 Å². The first-order chi connectivity index (χ1) is 10.3. The zero-order valence-corrected chi connectivity index (χ0v) is 10.9. The largest absolute Gasteiger partial charge is 0.461 e. The number of hydrazine groups is 1. The molecule has 2 heterocycles. The minimum atomic E-state index is -0.364. The van der Waals surface area contributed by atoms with Gasteiger partial charge in [-0.2, -0.15) is 4.80 Å². The molecule has 3 rings (SSSR count). The molecule has 8 nitrogen and oxygen atoms in total. The lowest BCUT2D eigenvalue weighted by molar-refractivity contribution is 0.0952. The van der Waals surface area contributed by atoms with Crippen molar-refractivity contribution in [2.24, 2.45) is 5.84 Å². The lowest BCUT2D eigenvalue weighted by Crippen LogP contribution is -2.31. The molecule has 3 aromatic rings. The summed E-state index contributed by atoms with van der Waals surface area (Å²) in [5.41, 5.74) is 3.32. The number of tetrazole rings is 1. The average molecular weight is 284 g/mol. The lowest BCUT2D eigenvalue weighted by atomic mass is 10.1. The number of carbonyl (C=O) groups is 1. The Labute approximate surface area is 119 Å². The number of nitrogens with two attached hydrogens (primary N) is 1. The van der Waals surface area contributed by atoms with Crippen molar-refractivity contribution < 1.29 is 9.21 Å². The van der Waals surface area contributed by atoms with Crippen LogP contribution in [0.1, 0.15) is 15.9 Å². The predicted molar refractivity (Wildman–Crippen MR) is 72.7 cm³/mol. The molecule has 0 aliphatic heterocycles. The maximum absolute atomic E-state index is 11.7. The van der Waals surface area contributed by atoms with Gasteiger partial charge in [-0.3, -0.25) is 10.2 Å². The lowest BCUT2D eigenvalue weighted by Gasteiger charge is -2.06. The number of hydrogen-bond donors (Lipinski definition) is 2. The van der Waals surface area contributed by atoms with Crippen LogP contribution in [0.15, 0.2) is 47.1 Å². The van der Waals surface area contributed by atoms with E-state index in [2.05, 4.69) is 20.8 Å². The summed E-state index contributed by atoms with van der Waals surface area (Å²) in [7, 11) is 0. The van der Waals surface area contributed by atoms with Gasteiger partial charge in [-0.15, -0.1) is 10.2 Å². The van der Waals surface area contributed by atoms with Crippen LogP contribution in [-0.2, 0) is 6.54 Å². The van der Waals surface area contributed by atoms with Crippen LogP contribution >= 0.6 is 0 Å². The van der Waals surface area contributed by atoms with E-state index < -0.39 is 0 Å². The topological polar surface area (TPSA) is 112 Å². The normalized spacial score (nSPS) is 10.5. The smallest absolute Gasteiger partial charge is 0.265 e. The number of nitrogens with zero attached hydrogens (tertiary/aromatic N) is 4. The summed E-state index contributed by atoms with van der Waals surface area (Å²) in [6.07, 6.45) is 1.54. The fraction of sp³-hybridized carbons (Fsp3) is 0.0769. The number of rotatable bonds is 4. The highest BCUT2D eigenvalue weighted by atomic mass is 16.3. The standard InChI is InChI=1S/C13H12N6O2/c14-15-13(20)10-5-2-1-4-9(10)8-19-17-12(16-18-19)11-6-3-7-21-11/h1-7H,8,14H2,(H,15,20). The second kappa shape index (κ2) is 5.55. The first kappa shape index (κ1) is 13.0. The van der Waals surface area contributed by atoms with Gasteiger partial charge < -0.3 is 4.42 Å². The second-order valence-electron chi connectivity index (χ2n) is 4.25. The number of hydrogen-bond acceptors (Lipinski definition) is 6. The van der Waals surface area contributed by atoms with Crippen molar-refractivity contribution >= 4 is 5.91 Å². The van der Waals surface area contributed by atoms with Gasteiger partial charge in [0.1, 0.15) is 0 Å². The molecule has 1 aromatic carbocycles. The summed E-state index contributed by atoms with van der Waals surface area (Å²) in [6, 6.07) is 10.6. The predicted octanol–water partition coefficient (Wildman–Crippen LogP) is 0.585. The molecule has 8 heteroatoms. The van der Waals surface area contributed by atoms with Crippen molar-refractivity contribution in [2.75, 3.05) is 0 Å². The molecule has 0 spiro atoms. The van der Waals surface area contributed by atoms with E-state index in [1.54, 1.807) is 30.3 Å². The summed E-state index contributed by atoms with van der Waals surface area (Å²) in [4.78, 5) is 13.1. The minimum absolute atomic E-state index is 0.303. The first-order valence-electron chi connectivity index (χ1n) is 6.18. The monoisotopic (exact) mass is 284 g/mol. The van der Waals surface area contributed by atoms with Gasteiger partial charge in [0.2, 0.25) is 5.82 Å². The molecule has 21 heavy (non-hydrogen) atoms. The van der Waals surface area contributed by atoms with Crippen LogP contribution in [0.5, 0.6) is 0 Å². The van der Waals surface area contributed by atoms with E-state index in [1.807, 2.05) is 6.07 Å². The van der Waals surface area contributed by atoms with E-state index in [4.69, 9.17) is 10.3 Å². The maximum Gasteiger partial charge on any atom is 0.265 e. The Bertz CT molecular complexity index is 750. The van der Waals surface area contributed by atoms with Crippen molar-refractivity contribution in [3.63, 3.8) is 0 Å². The van der Waals surface area contributed by atoms with Crippen molar-refractivity contribution in [1.82, 2.24) is 25.6 Å². The average Bonchev–Trinajstić information content (AvgIpc) is 3.18. The molecule has 0 saturated heterocycles. The van der Waals surface area contributed by atoms with E-state index in [1.165, 1.54) is 11.1 Å². The summed E-state index contributed by atoms with van der Waals surface area (Å²) >= 11 is 0. The Hall–Kier alpha value is -3.00. The SMILES string of the molecule is NNC(=O)c1ccccc1Cn1nnc(-c2ccco2)n1. The first-order valence-corrected chi connectivity index (χ1v) is 6.18. The van der Waals surface area contributed by atoms with E-state index >= 15 is 0 Å². The van der Waals surface area contributed by atoms with Crippen LogP contribution < -0.4 is 11.3 Å². The fourth-order valence-corrected chi connectivity index (χ4v) is 1.92. The number of nitrogen functional groups attached to an aromatic ring is 1. The molecule has 0 bridgehead atoms. The Morgan fingerprint density at radius 1 is 1.29 bits per heavy atom. The van der Waals surface area contributed by atoms with Gasteiger partial charge in [0, 0.05) is 5.56 Å². The summed E-state index contributed by atoms with van der Waals surface area (Å²) in [6.45, 7) is 0.303. The molecule has 0 atom stereocenters. The van der Waals surface area contributed by atoms with Crippen molar-refractivity contribution in [2.45, 2.75) is 6.54 Å². The third-order valence-electron chi connectivity index (χ3n) is 2.90. The van der Waals surface area contributed by atoms with Gasteiger partial charge in [-0.05, 0) is 29.0 Å². The molecule has 0 fully saturated rings. The van der Waals surface area contributed by atoms with Crippen LogP contribution in [0.3, 0.4) is 0 Å². The van der Waals surface area contributed by atoms with Crippen LogP contribution in [0.2, 0.25) is 0 Å². The van der Waals surface area contributed by atoms with E-state index in [0.717, 1.165) is 5.56 Å². The molecule has 106 valence electrons. The molecule has 0 aliphatic carbocycles. The number of benzene rings is 1. The summed E-state index contributed by atoms with van der Waals surface area (Å²) in [5.74, 6) is 5.73. The van der Waals surface area contributed by atoms with E-state index in [-0.39, 0.29) is 5.91 Å². The van der Waals surface area contributed by atoms with Crippen molar-refractivity contribution in [1.29, 1.82) is 0 Å². The third-order valence-corrected chi connectivity index (χ3v) is 2.90. The van der Waals surface area contributed by atoms with Gasteiger partial charge >= 0.3 is 0 Å². The van der Waals surface area contributed by atoms with Crippen LogP contribution in [0.25, 0.3) is 11.6 Å². The Kier molecular flexibility index (Phi) is 3.44. The van der Waals surface area contributed by atoms with Gasteiger partial charge in [-0.25, -0.2) is 5.84 Å². The van der Waals surface area contributed by atoms with Crippen molar-refractivity contribution in [3.8, 4) is 11.6 Å². The molecule has 0 unspecified atom stereocenters. The van der Waals surface area contributed by atoms with Crippen LogP contribution in [0.4, 0.5) is 0 Å². The number of furan rings is 1. The minimum Gasteiger partial charge on any atom is -0.461 e. The van der Waals surface area contributed by atoms with Crippen LogP contribution in [-0.4, -0.2) is 26.1 Å². The summed E-state index contributed by atoms with van der Waals surface area (Å²) in [5, 5.41) is 12.1. The van der Waals surface area contributed by atoms with E-state index in [9.17, 15) is 4.79 Å².